The van der Waals surface area contributed by atoms with Crippen LogP contribution in [-0.2, 0) is 0 Å². The van der Waals surface area contributed by atoms with Crippen molar-refractivity contribution in [3.8, 4) is 0 Å². The number of likely N-dealkylation sites (tertiary alicyclic amines) is 1. The van der Waals surface area contributed by atoms with Crippen LogP contribution in [0.25, 0.3) is 11.1 Å². The number of amides is 2. The second-order valence-corrected chi connectivity index (χ2v) is 7.21. The van der Waals surface area contributed by atoms with Gasteiger partial charge in [0.1, 0.15) is 0 Å². The molecule has 3 heterocycles. The first-order valence-corrected chi connectivity index (χ1v) is 9.39. The van der Waals surface area contributed by atoms with Gasteiger partial charge in [-0.1, -0.05) is 17.3 Å². The number of para-hydroxylation sites is 1. The second-order valence-electron chi connectivity index (χ2n) is 7.21. The molecule has 1 aliphatic rings. The number of carbonyl (C=O) groups excluding carboxylic acids is 2. The Labute approximate surface area is 162 Å². The normalized spacial score (nSPS) is 13.9. The SMILES string of the molecule is Cc1cc(C(=O)Nc2c(C)cccc2C(=O)N2CCCC2)c2c(C)noc2n1. The van der Waals surface area contributed by atoms with Gasteiger partial charge in [0.25, 0.3) is 17.5 Å². The fourth-order valence-electron chi connectivity index (χ4n) is 3.68. The smallest absolute Gasteiger partial charge is 0.258 e. The summed E-state index contributed by atoms with van der Waals surface area (Å²) in [5.74, 6) is -0.361. The summed E-state index contributed by atoms with van der Waals surface area (Å²) in [4.78, 5) is 32.2. The molecule has 3 aromatic rings. The lowest BCUT2D eigenvalue weighted by Gasteiger charge is -2.19. The molecular weight excluding hydrogens is 356 g/mol. The van der Waals surface area contributed by atoms with Gasteiger partial charge in [-0.05, 0) is 51.3 Å². The first kappa shape index (κ1) is 18.2. The van der Waals surface area contributed by atoms with E-state index in [4.69, 9.17) is 4.52 Å². The first-order chi connectivity index (χ1) is 13.5. The fraction of sp³-hybridized carbons (Fsp3) is 0.333. The minimum absolute atomic E-state index is 0.0475. The number of aromatic nitrogens is 2. The van der Waals surface area contributed by atoms with Gasteiger partial charge in [-0.25, -0.2) is 4.98 Å². The molecule has 0 spiro atoms. The summed E-state index contributed by atoms with van der Waals surface area (Å²) in [6.07, 6.45) is 2.03. The van der Waals surface area contributed by atoms with Crippen molar-refractivity contribution in [2.75, 3.05) is 18.4 Å². The van der Waals surface area contributed by atoms with Crippen molar-refractivity contribution in [2.45, 2.75) is 33.6 Å². The molecule has 0 atom stereocenters. The van der Waals surface area contributed by atoms with Crippen molar-refractivity contribution >= 4 is 28.6 Å². The van der Waals surface area contributed by atoms with E-state index in [1.165, 1.54) is 0 Å². The van der Waals surface area contributed by atoms with Gasteiger partial charge in [0, 0.05) is 18.8 Å². The van der Waals surface area contributed by atoms with Crippen LogP contribution in [0.2, 0.25) is 0 Å². The maximum absolute atomic E-state index is 13.1. The van der Waals surface area contributed by atoms with Crippen LogP contribution in [0.4, 0.5) is 5.69 Å². The predicted octanol–water partition coefficient (Wildman–Crippen LogP) is 3.64. The Kier molecular flexibility index (Phi) is 4.58. The molecule has 1 fully saturated rings. The van der Waals surface area contributed by atoms with Crippen molar-refractivity contribution in [2.24, 2.45) is 0 Å². The van der Waals surface area contributed by atoms with Crippen LogP contribution >= 0.6 is 0 Å². The number of benzene rings is 1. The number of nitrogens with zero attached hydrogens (tertiary/aromatic N) is 3. The fourth-order valence-corrected chi connectivity index (χ4v) is 3.68. The van der Waals surface area contributed by atoms with Crippen LogP contribution in [0, 0.1) is 20.8 Å². The first-order valence-electron chi connectivity index (χ1n) is 9.39. The van der Waals surface area contributed by atoms with E-state index in [1.54, 1.807) is 26.0 Å². The number of hydrogen-bond donors (Lipinski definition) is 1. The quantitative estimate of drug-likeness (QED) is 0.752. The zero-order valence-corrected chi connectivity index (χ0v) is 16.2. The van der Waals surface area contributed by atoms with E-state index in [0.717, 1.165) is 31.5 Å². The van der Waals surface area contributed by atoms with E-state index in [9.17, 15) is 9.59 Å². The van der Waals surface area contributed by atoms with Crippen LogP contribution in [0.15, 0.2) is 28.8 Å². The van der Waals surface area contributed by atoms with E-state index in [-0.39, 0.29) is 11.8 Å². The molecule has 0 unspecified atom stereocenters. The highest BCUT2D eigenvalue weighted by Gasteiger charge is 2.25. The molecule has 2 amide bonds. The lowest BCUT2D eigenvalue weighted by atomic mass is 10.0. The van der Waals surface area contributed by atoms with E-state index in [1.807, 2.05) is 24.0 Å². The summed E-state index contributed by atoms with van der Waals surface area (Å²) in [6.45, 7) is 6.96. The molecule has 2 aromatic heterocycles. The number of hydrogen-bond acceptors (Lipinski definition) is 5. The Hall–Kier alpha value is -3.22. The Morgan fingerprint density at radius 2 is 1.86 bits per heavy atom. The molecule has 1 aromatic carbocycles. The molecule has 0 radical (unpaired) electrons. The zero-order chi connectivity index (χ0) is 19.8. The Morgan fingerprint density at radius 1 is 1.11 bits per heavy atom. The molecule has 0 bridgehead atoms. The standard InChI is InChI=1S/C21H22N4O3/c1-12-7-6-8-15(21(27)25-9-4-5-10-25)18(12)23-19(26)16-11-13(2)22-20-17(16)14(3)24-28-20/h6-8,11H,4-5,9-10H2,1-3H3,(H,23,26). The lowest BCUT2D eigenvalue weighted by molar-refractivity contribution is 0.0793. The zero-order valence-electron chi connectivity index (χ0n) is 16.2. The van der Waals surface area contributed by atoms with Crippen LogP contribution in [-0.4, -0.2) is 39.9 Å². The summed E-state index contributed by atoms with van der Waals surface area (Å²) in [7, 11) is 0. The maximum Gasteiger partial charge on any atom is 0.258 e. The van der Waals surface area contributed by atoms with Gasteiger partial charge in [0.05, 0.1) is 27.9 Å². The lowest BCUT2D eigenvalue weighted by Crippen LogP contribution is -2.29. The Balaban J connectivity index is 1.73. The second kappa shape index (κ2) is 7.07. The summed E-state index contributed by atoms with van der Waals surface area (Å²) in [5, 5.41) is 7.46. The monoisotopic (exact) mass is 378 g/mol. The maximum atomic E-state index is 13.1. The Morgan fingerprint density at radius 3 is 2.61 bits per heavy atom. The molecule has 1 saturated heterocycles. The minimum Gasteiger partial charge on any atom is -0.339 e. The van der Waals surface area contributed by atoms with Crippen molar-refractivity contribution < 1.29 is 14.1 Å². The summed E-state index contributed by atoms with van der Waals surface area (Å²) < 4.78 is 5.22. The van der Waals surface area contributed by atoms with Crippen molar-refractivity contribution in [1.29, 1.82) is 0 Å². The summed E-state index contributed by atoms with van der Waals surface area (Å²) in [5.41, 5.74) is 3.92. The highest BCUT2D eigenvalue weighted by Crippen LogP contribution is 2.27. The summed E-state index contributed by atoms with van der Waals surface area (Å²) >= 11 is 0. The Bertz CT molecular complexity index is 1080. The molecular formula is C21H22N4O3. The number of nitrogens with one attached hydrogen (secondary N) is 1. The molecule has 0 saturated carbocycles. The third-order valence-electron chi connectivity index (χ3n) is 5.12. The number of carbonyl (C=O) groups is 2. The highest BCUT2D eigenvalue weighted by molar-refractivity contribution is 6.14. The third-order valence-corrected chi connectivity index (χ3v) is 5.12. The molecule has 1 aliphatic heterocycles. The van der Waals surface area contributed by atoms with E-state index >= 15 is 0 Å². The van der Waals surface area contributed by atoms with Gasteiger partial charge in [0.2, 0.25) is 0 Å². The molecule has 4 rings (SSSR count). The number of anilines is 1. The van der Waals surface area contributed by atoms with Crippen LogP contribution in [0.1, 0.15) is 50.5 Å². The average Bonchev–Trinajstić information content (AvgIpc) is 3.32. The largest absolute Gasteiger partial charge is 0.339 e. The van der Waals surface area contributed by atoms with Gasteiger partial charge >= 0.3 is 0 Å². The van der Waals surface area contributed by atoms with E-state index in [0.29, 0.717) is 39.3 Å². The number of pyridine rings is 1. The third kappa shape index (κ3) is 3.13. The highest BCUT2D eigenvalue weighted by atomic mass is 16.5. The molecule has 7 nitrogen and oxygen atoms in total. The molecule has 28 heavy (non-hydrogen) atoms. The molecule has 0 aliphatic carbocycles. The van der Waals surface area contributed by atoms with Crippen molar-refractivity contribution in [3.63, 3.8) is 0 Å². The minimum atomic E-state index is -0.313. The molecule has 144 valence electrons. The van der Waals surface area contributed by atoms with Gasteiger partial charge in [-0.2, -0.15) is 0 Å². The van der Waals surface area contributed by atoms with Gasteiger partial charge in [-0.15, -0.1) is 0 Å². The van der Waals surface area contributed by atoms with Crippen LogP contribution in [0.5, 0.6) is 0 Å². The molecule has 1 N–H and O–H groups in total. The topological polar surface area (TPSA) is 88.3 Å². The van der Waals surface area contributed by atoms with Gasteiger partial charge in [-0.3, -0.25) is 9.59 Å². The van der Waals surface area contributed by atoms with Crippen LogP contribution in [0.3, 0.4) is 0 Å². The van der Waals surface area contributed by atoms with E-state index in [2.05, 4.69) is 15.5 Å². The molecule has 7 heteroatoms. The van der Waals surface area contributed by atoms with Crippen molar-refractivity contribution in [3.05, 3.63) is 52.3 Å². The van der Waals surface area contributed by atoms with Gasteiger partial charge in [0.15, 0.2) is 0 Å². The van der Waals surface area contributed by atoms with E-state index < -0.39 is 0 Å². The van der Waals surface area contributed by atoms with Crippen molar-refractivity contribution in [1.82, 2.24) is 15.0 Å². The number of rotatable bonds is 3. The number of fused-ring (bicyclic) bond motifs is 1. The van der Waals surface area contributed by atoms with Crippen LogP contribution < -0.4 is 5.32 Å². The van der Waals surface area contributed by atoms with Gasteiger partial charge < -0.3 is 14.7 Å². The number of aryl methyl sites for hydroxylation is 3. The average molecular weight is 378 g/mol. The summed E-state index contributed by atoms with van der Waals surface area (Å²) in [6, 6.07) is 7.20. The predicted molar refractivity (Wildman–Crippen MR) is 106 cm³/mol.